The van der Waals surface area contributed by atoms with Gasteiger partial charge >= 0.3 is 5.97 Å². The molecule has 1 aliphatic rings. The number of aliphatic carboxylic acids is 1. The number of aliphatic hydroxyl groups excluding tert-OH is 1. The number of nitrogens with one attached hydrogen (secondary N) is 1. The Hall–Kier alpha value is -1.39. The second kappa shape index (κ2) is 7.92. The van der Waals surface area contributed by atoms with E-state index in [2.05, 4.69) is 19.2 Å². The lowest BCUT2D eigenvalue weighted by Gasteiger charge is -2.24. The molecular weight excluding hydrogens is 242 g/mol. The fraction of sp³-hybridized carbons (Fsp3) is 0.533. The Bertz CT molecular complexity index is 372. The number of carboxylic acids is 1. The minimum Gasteiger partial charge on any atom is -0.479 e. The minimum absolute atomic E-state index is 0.403. The molecule has 0 saturated carbocycles. The maximum atomic E-state index is 10.2. The lowest BCUT2D eigenvalue weighted by molar-refractivity contribution is -0.146. The van der Waals surface area contributed by atoms with Gasteiger partial charge in [0.05, 0.1) is 0 Å². The standard InChI is InChI=1S/C8H8O3.C7H15N/c9-7(8(10)11)6-4-2-1-3-5-6;1-6-3-7(2)5-8-4-6/h1-5,7,9H,(H,10,11);6-8H,3-5H2,1-2H3. The first kappa shape index (κ1) is 15.7. The van der Waals surface area contributed by atoms with Crippen LogP contribution in [0, 0.1) is 11.8 Å². The van der Waals surface area contributed by atoms with Crippen LogP contribution in [0.1, 0.15) is 31.9 Å². The van der Waals surface area contributed by atoms with Crippen LogP contribution in [0.15, 0.2) is 30.3 Å². The molecule has 4 heteroatoms. The van der Waals surface area contributed by atoms with E-state index in [4.69, 9.17) is 10.2 Å². The zero-order valence-electron chi connectivity index (χ0n) is 11.5. The third-order valence-corrected chi connectivity index (χ3v) is 3.14. The van der Waals surface area contributed by atoms with Crippen molar-refractivity contribution in [1.82, 2.24) is 5.32 Å². The van der Waals surface area contributed by atoms with E-state index in [0.717, 1.165) is 11.8 Å². The van der Waals surface area contributed by atoms with Gasteiger partial charge in [0, 0.05) is 0 Å². The smallest absolute Gasteiger partial charge is 0.337 e. The monoisotopic (exact) mass is 265 g/mol. The summed E-state index contributed by atoms with van der Waals surface area (Å²) in [5.74, 6) is 0.578. The van der Waals surface area contributed by atoms with Gasteiger partial charge in [0.25, 0.3) is 0 Å². The van der Waals surface area contributed by atoms with Crippen molar-refractivity contribution in [3.8, 4) is 0 Å². The van der Waals surface area contributed by atoms with E-state index in [1.807, 2.05) is 0 Å². The normalized spacial score (nSPS) is 23.9. The fourth-order valence-electron chi connectivity index (χ4n) is 2.21. The van der Waals surface area contributed by atoms with Crippen molar-refractivity contribution in [2.75, 3.05) is 13.1 Å². The molecule has 0 bridgehead atoms. The van der Waals surface area contributed by atoms with E-state index in [1.54, 1.807) is 30.3 Å². The summed E-state index contributed by atoms with van der Waals surface area (Å²) in [5.41, 5.74) is 0.403. The van der Waals surface area contributed by atoms with Crippen LogP contribution >= 0.6 is 0 Å². The lowest BCUT2D eigenvalue weighted by atomic mass is 9.94. The van der Waals surface area contributed by atoms with Gasteiger partial charge < -0.3 is 15.5 Å². The molecule has 1 saturated heterocycles. The van der Waals surface area contributed by atoms with Crippen LogP contribution in [0.2, 0.25) is 0 Å². The van der Waals surface area contributed by atoms with Gasteiger partial charge in [-0.15, -0.1) is 0 Å². The Morgan fingerprint density at radius 3 is 2.11 bits per heavy atom. The third-order valence-electron chi connectivity index (χ3n) is 3.14. The predicted octanol–water partition coefficient (Wildman–Crippen LogP) is 2.06. The van der Waals surface area contributed by atoms with Crippen LogP contribution in [0.5, 0.6) is 0 Å². The second-order valence-corrected chi connectivity index (χ2v) is 5.26. The number of hydrogen-bond donors (Lipinski definition) is 3. The number of piperidine rings is 1. The first-order valence-electron chi connectivity index (χ1n) is 6.67. The second-order valence-electron chi connectivity index (χ2n) is 5.26. The number of aliphatic hydroxyl groups is 1. The van der Waals surface area contributed by atoms with Gasteiger partial charge in [0.15, 0.2) is 6.10 Å². The number of benzene rings is 1. The highest BCUT2D eigenvalue weighted by Gasteiger charge is 2.14. The molecule has 1 fully saturated rings. The number of hydrogen-bond acceptors (Lipinski definition) is 3. The highest BCUT2D eigenvalue weighted by atomic mass is 16.4. The van der Waals surface area contributed by atoms with Crippen molar-refractivity contribution >= 4 is 5.97 Å². The highest BCUT2D eigenvalue weighted by molar-refractivity contribution is 5.73. The molecule has 106 valence electrons. The van der Waals surface area contributed by atoms with Gasteiger partial charge in [-0.25, -0.2) is 4.79 Å². The van der Waals surface area contributed by atoms with Gasteiger partial charge in [0.2, 0.25) is 0 Å². The van der Waals surface area contributed by atoms with E-state index in [-0.39, 0.29) is 0 Å². The molecule has 1 aromatic carbocycles. The molecule has 3 unspecified atom stereocenters. The maximum Gasteiger partial charge on any atom is 0.337 e. The van der Waals surface area contributed by atoms with Gasteiger partial charge in [-0.2, -0.15) is 0 Å². The Kier molecular flexibility index (Phi) is 6.53. The quantitative estimate of drug-likeness (QED) is 0.765. The van der Waals surface area contributed by atoms with E-state index in [1.165, 1.54) is 19.5 Å². The van der Waals surface area contributed by atoms with Crippen molar-refractivity contribution in [1.29, 1.82) is 0 Å². The average molecular weight is 265 g/mol. The molecule has 19 heavy (non-hydrogen) atoms. The topological polar surface area (TPSA) is 69.6 Å². The first-order chi connectivity index (χ1) is 9.00. The van der Waals surface area contributed by atoms with Gasteiger partial charge in [-0.3, -0.25) is 0 Å². The molecule has 0 spiro atoms. The SMILES string of the molecule is CC1CNCC(C)C1.O=C(O)C(O)c1ccccc1. The van der Waals surface area contributed by atoms with E-state index < -0.39 is 12.1 Å². The molecule has 0 radical (unpaired) electrons. The Labute approximate surface area is 114 Å². The van der Waals surface area contributed by atoms with E-state index in [9.17, 15) is 4.79 Å². The number of rotatable bonds is 2. The largest absolute Gasteiger partial charge is 0.479 e. The van der Waals surface area contributed by atoms with Gasteiger partial charge in [-0.1, -0.05) is 44.2 Å². The summed E-state index contributed by atoms with van der Waals surface area (Å²) in [6, 6.07) is 8.26. The van der Waals surface area contributed by atoms with Crippen molar-refractivity contribution in [2.45, 2.75) is 26.4 Å². The van der Waals surface area contributed by atoms with Crippen LogP contribution in [-0.4, -0.2) is 29.3 Å². The predicted molar refractivity (Wildman–Crippen MR) is 74.9 cm³/mol. The molecule has 1 aliphatic heterocycles. The molecule has 0 aromatic heterocycles. The summed E-state index contributed by atoms with van der Waals surface area (Å²) in [4.78, 5) is 10.2. The summed E-state index contributed by atoms with van der Waals surface area (Å²) in [5, 5.41) is 20.8. The first-order valence-corrected chi connectivity index (χ1v) is 6.67. The molecule has 3 atom stereocenters. The maximum absolute atomic E-state index is 10.2. The van der Waals surface area contributed by atoms with Crippen LogP contribution in [0.4, 0.5) is 0 Å². The summed E-state index contributed by atoms with van der Waals surface area (Å²) in [7, 11) is 0. The summed E-state index contributed by atoms with van der Waals surface area (Å²) in [6.07, 6.45) is 0.00343. The number of carboxylic acid groups (broad SMARTS) is 1. The van der Waals surface area contributed by atoms with Crippen molar-refractivity contribution < 1.29 is 15.0 Å². The van der Waals surface area contributed by atoms with E-state index in [0.29, 0.717) is 5.56 Å². The molecule has 2 rings (SSSR count). The summed E-state index contributed by atoms with van der Waals surface area (Å²) in [6.45, 7) is 7.07. The molecule has 0 aliphatic carbocycles. The molecule has 1 heterocycles. The highest BCUT2D eigenvalue weighted by Crippen LogP contribution is 2.13. The number of carbonyl (C=O) groups is 1. The Morgan fingerprint density at radius 2 is 1.74 bits per heavy atom. The van der Waals surface area contributed by atoms with Crippen LogP contribution < -0.4 is 5.32 Å². The minimum atomic E-state index is -1.41. The van der Waals surface area contributed by atoms with Crippen LogP contribution in [0.25, 0.3) is 0 Å². The average Bonchev–Trinajstić information content (AvgIpc) is 2.39. The zero-order chi connectivity index (χ0) is 14.3. The van der Waals surface area contributed by atoms with Crippen molar-refractivity contribution in [3.63, 3.8) is 0 Å². The molecule has 4 nitrogen and oxygen atoms in total. The third kappa shape index (κ3) is 5.85. The van der Waals surface area contributed by atoms with Gasteiger partial charge in [-0.05, 0) is 36.9 Å². The molecule has 0 amide bonds. The molecule has 3 N–H and O–H groups in total. The summed E-state index contributed by atoms with van der Waals surface area (Å²) >= 11 is 0. The zero-order valence-corrected chi connectivity index (χ0v) is 11.5. The fourth-order valence-corrected chi connectivity index (χ4v) is 2.21. The Morgan fingerprint density at radius 1 is 1.21 bits per heavy atom. The van der Waals surface area contributed by atoms with Gasteiger partial charge in [0.1, 0.15) is 0 Å². The lowest BCUT2D eigenvalue weighted by Crippen LogP contribution is -2.33. The van der Waals surface area contributed by atoms with E-state index >= 15 is 0 Å². The molecule has 1 aromatic rings. The summed E-state index contributed by atoms with van der Waals surface area (Å²) < 4.78 is 0. The van der Waals surface area contributed by atoms with Crippen molar-refractivity contribution in [3.05, 3.63) is 35.9 Å². The van der Waals surface area contributed by atoms with Crippen LogP contribution in [-0.2, 0) is 4.79 Å². The molecular formula is C15H23NO3. The van der Waals surface area contributed by atoms with Crippen LogP contribution in [0.3, 0.4) is 0 Å². The Balaban J connectivity index is 0.000000200. The van der Waals surface area contributed by atoms with Crippen molar-refractivity contribution in [2.24, 2.45) is 11.8 Å².